The van der Waals surface area contributed by atoms with Crippen LogP contribution in [0, 0.1) is 0 Å². The molecule has 0 radical (unpaired) electrons. The second-order valence-electron chi connectivity index (χ2n) is 7.81. The van der Waals surface area contributed by atoms with Crippen LogP contribution in [0.1, 0.15) is 30.4 Å². The predicted molar refractivity (Wildman–Crippen MR) is 105 cm³/mol. The summed E-state index contributed by atoms with van der Waals surface area (Å²) < 4.78 is 1.97. The number of piperidine rings is 1. The molecule has 144 valence electrons. The van der Waals surface area contributed by atoms with E-state index in [9.17, 15) is 4.79 Å². The number of hydrogen-bond acceptors (Lipinski definition) is 4. The monoisotopic (exact) mass is 367 g/mol. The van der Waals surface area contributed by atoms with Gasteiger partial charge in [-0.1, -0.05) is 24.3 Å². The van der Waals surface area contributed by atoms with E-state index in [2.05, 4.69) is 51.5 Å². The lowest BCUT2D eigenvalue weighted by Crippen LogP contribution is -2.60. The number of likely N-dealkylation sites (tertiary alicyclic amines) is 1. The summed E-state index contributed by atoms with van der Waals surface area (Å²) in [5, 5.41) is 7.46. The van der Waals surface area contributed by atoms with Crippen molar-refractivity contribution in [2.24, 2.45) is 0 Å². The van der Waals surface area contributed by atoms with Gasteiger partial charge in [0.05, 0.1) is 6.54 Å². The zero-order valence-electron chi connectivity index (χ0n) is 16.1. The minimum atomic E-state index is -0.318. The average Bonchev–Trinajstić information content (AvgIpc) is 3.16. The van der Waals surface area contributed by atoms with Crippen LogP contribution in [0.3, 0.4) is 0 Å². The number of hydrogen-bond donors (Lipinski definition) is 1. The topological polar surface area (TPSA) is 53.4 Å². The molecule has 6 heteroatoms. The molecule has 2 saturated heterocycles. The highest BCUT2D eigenvalue weighted by molar-refractivity contribution is 5.86. The maximum Gasteiger partial charge on any atom is 0.240 e. The summed E-state index contributed by atoms with van der Waals surface area (Å²) in [6.07, 6.45) is 6.66. The normalized spacial score (nSPS) is 21.1. The van der Waals surface area contributed by atoms with E-state index in [1.54, 1.807) is 0 Å². The van der Waals surface area contributed by atoms with Crippen LogP contribution in [0.25, 0.3) is 0 Å². The molecule has 2 fully saturated rings. The van der Waals surface area contributed by atoms with Gasteiger partial charge in [0.25, 0.3) is 0 Å². The van der Waals surface area contributed by atoms with E-state index in [4.69, 9.17) is 0 Å². The first-order valence-corrected chi connectivity index (χ1v) is 9.93. The van der Waals surface area contributed by atoms with Gasteiger partial charge in [0.2, 0.25) is 5.91 Å². The van der Waals surface area contributed by atoms with Crippen LogP contribution in [0.15, 0.2) is 42.7 Å². The first-order valence-electron chi connectivity index (χ1n) is 9.93. The highest BCUT2D eigenvalue weighted by Gasteiger charge is 2.45. The molecule has 3 heterocycles. The van der Waals surface area contributed by atoms with E-state index in [0.717, 1.165) is 58.5 Å². The molecule has 2 aromatic rings. The molecule has 1 amide bonds. The Labute approximate surface area is 161 Å². The zero-order chi connectivity index (χ0) is 18.7. The Morgan fingerprint density at radius 1 is 1.07 bits per heavy atom. The van der Waals surface area contributed by atoms with Crippen LogP contribution in [-0.2, 0) is 17.9 Å². The lowest BCUT2D eigenvalue weighted by Gasteiger charge is -2.45. The smallest absolute Gasteiger partial charge is 0.240 e. The van der Waals surface area contributed by atoms with Crippen molar-refractivity contribution in [3.63, 3.8) is 0 Å². The van der Waals surface area contributed by atoms with E-state index in [1.165, 1.54) is 11.1 Å². The number of likely N-dealkylation sites (N-methyl/N-ethyl adjacent to an activating group) is 1. The van der Waals surface area contributed by atoms with Crippen molar-refractivity contribution in [3.8, 4) is 0 Å². The highest BCUT2D eigenvalue weighted by Crippen LogP contribution is 2.30. The summed E-state index contributed by atoms with van der Waals surface area (Å²) in [7, 11) is 2.11. The number of nitrogens with zero attached hydrogens (tertiary/aromatic N) is 4. The predicted octanol–water partition coefficient (Wildman–Crippen LogP) is 1.72. The summed E-state index contributed by atoms with van der Waals surface area (Å²) in [4.78, 5) is 17.5. The van der Waals surface area contributed by atoms with Crippen molar-refractivity contribution < 1.29 is 4.79 Å². The molecule has 0 aliphatic carbocycles. The third-order valence-electron chi connectivity index (χ3n) is 6.20. The Balaban J connectivity index is 1.43. The van der Waals surface area contributed by atoms with Gasteiger partial charge in [-0.05, 0) is 43.5 Å². The standard InChI is InChI=1S/C21H29N5O/c1-24-12-4-10-22-20(27)21(24)8-14-25(15-9-21)16-18-6-2-3-7-19(18)17-26-13-5-11-23-26/h2-3,5-7,11,13H,4,8-10,12,14-17H2,1H3,(H,22,27). The molecular formula is C21H29N5O. The molecule has 2 aliphatic heterocycles. The summed E-state index contributed by atoms with van der Waals surface area (Å²) in [6.45, 7) is 5.42. The van der Waals surface area contributed by atoms with Crippen LogP contribution in [-0.4, -0.2) is 64.3 Å². The molecule has 1 aromatic heterocycles. The average molecular weight is 367 g/mol. The molecule has 0 saturated carbocycles. The first-order chi connectivity index (χ1) is 13.2. The second-order valence-corrected chi connectivity index (χ2v) is 7.81. The minimum absolute atomic E-state index is 0.223. The van der Waals surface area contributed by atoms with Gasteiger partial charge < -0.3 is 5.32 Å². The van der Waals surface area contributed by atoms with Crippen LogP contribution in [0.4, 0.5) is 0 Å². The first kappa shape index (κ1) is 18.2. The SMILES string of the molecule is CN1CCCNC(=O)C12CCN(Cc1ccccc1Cn1cccn1)CC2. The van der Waals surface area contributed by atoms with E-state index in [-0.39, 0.29) is 11.4 Å². The Hall–Kier alpha value is -2.18. The van der Waals surface area contributed by atoms with Gasteiger partial charge in [0.1, 0.15) is 5.54 Å². The number of benzene rings is 1. The number of carbonyl (C=O) groups excluding carboxylic acids is 1. The Morgan fingerprint density at radius 2 is 1.81 bits per heavy atom. The number of rotatable bonds is 4. The molecule has 4 rings (SSSR count). The van der Waals surface area contributed by atoms with Gasteiger partial charge in [0, 0.05) is 45.1 Å². The summed E-state index contributed by atoms with van der Waals surface area (Å²) in [6, 6.07) is 10.6. The van der Waals surface area contributed by atoms with Gasteiger partial charge in [-0.25, -0.2) is 0 Å². The summed E-state index contributed by atoms with van der Waals surface area (Å²) in [5.41, 5.74) is 2.34. The summed E-state index contributed by atoms with van der Waals surface area (Å²) >= 11 is 0. The molecule has 0 atom stereocenters. The summed E-state index contributed by atoms with van der Waals surface area (Å²) in [5.74, 6) is 0.223. The van der Waals surface area contributed by atoms with Crippen LogP contribution >= 0.6 is 0 Å². The molecule has 0 unspecified atom stereocenters. The van der Waals surface area contributed by atoms with Crippen molar-refractivity contribution in [2.75, 3.05) is 33.2 Å². The van der Waals surface area contributed by atoms with Gasteiger partial charge >= 0.3 is 0 Å². The van der Waals surface area contributed by atoms with Crippen molar-refractivity contribution in [1.82, 2.24) is 24.9 Å². The highest BCUT2D eigenvalue weighted by atomic mass is 16.2. The molecular weight excluding hydrogens is 338 g/mol. The molecule has 0 bridgehead atoms. The third-order valence-corrected chi connectivity index (χ3v) is 6.20. The maximum absolute atomic E-state index is 12.7. The molecule has 1 spiro atoms. The van der Waals surface area contributed by atoms with E-state index in [0.29, 0.717) is 0 Å². The molecule has 2 aliphatic rings. The van der Waals surface area contributed by atoms with Crippen molar-refractivity contribution in [1.29, 1.82) is 0 Å². The fourth-order valence-corrected chi connectivity index (χ4v) is 4.44. The van der Waals surface area contributed by atoms with Crippen molar-refractivity contribution >= 4 is 5.91 Å². The largest absolute Gasteiger partial charge is 0.354 e. The van der Waals surface area contributed by atoms with E-state index in [1.807, 2.05) is 23.1 Å². The zero-order valence-corrected chi connectivity index (χ0v) is 16.1. The van der Waals surface area contributed by atoms with Crippen molar-refractivity contribution in [2.45, 2.75) is 37.9 Å². The number of aromatic nitrogens is 2. The Bertz CT molecular complexity index is 765. The van der Waals surface area contributed by atoms with E-state index >= 15 is 0 Å². The maximum atomic E-state index is 12.7. The molecule has 27 heavy (non-hydrogen) atoms. The fourth-order valence-electron chi connectivity index (χ4n) is 4.44. The lowest BCUT2D eigenvalue weighted by atomic mass is 9.85. The lowest BCUT2D eigenvalue weighted by molar-refractivity contribution is -0.134. The second kappa shape index (κ2) is 7.82. The van der Waals surface area contributed by atoms with Gasteiger partial charge in [-0.3, -0.25) is 19.3 Å². The molecule has 1 N–H and O–H groups in total. The van der Waals surface area contributed by atoms with Crippen molar-refractivity contribution in [3.05, 3.63) is 53.9 Å². The number of nitrogens with one attached hydrogen (secondary N) is 1. The molecule has 6 nitrogen and oxygen atoms in total. The molecule has 1 aromatic carbocycles. The van der Waals surface area contributed by atoms with E-state index < -0.39 is 0 Å². The minimum Gasteiger partial charge on any atom is -0.354 e. The third kappa shape index (κ3) is 3.77. The quantitative estimate of drug-likeness (QED) is 0.894. The fraction of sp³-hybridized carbons (Fsp3) is 0.524. The van der Waals surface area contributed by atoms with Crippen LogP contribution in [0.5, 0.6) is 0 Å². The van der Waals surface area contributed by atoms with Gasteiger partial charge in [-0.15, -0.1) is 0 Å². The number of amides is 1. The van der Waals surface area contributed by atoms with Crippen LogP contribution < -0.4 is 5.32 Å². The Morgan fingerprint density at radius 3 is 2.52 bits per heavy atom. The number of carbonyl (C=O) groups is 1. The van der Waals surface area contributed by atoms with Gasteiger partial charge in [-0.2, -0.15) is 5.10 Å². The van der Waals surface area contributed by atoms with Crippen LogP contribution in [0.2, 0.25) is 0 Å². The van der Waals surface area contributed by atoms with Gasteiger partial charge in [0.15, 0.2) is 0 Å². The Kier molecular flexibility index (Phi) is 5.27.